The van der Waals surface area contributed by atoms with E-state index in [2.05, 4.69) is 16.0 Å². The molecule has 0 amide bonds. The highest BCUT2D eigenvalue weighted by atomic mass is 35.5. The minimum absolute atomic E-state index is 0.251. The fraction of sp³-hybridized carbons (Fsp3) is 0. The molecule has 0 bridgehead atoms. The average Bonchev–Trinajstić information content (AvgIpc) is 2.54. The highest BCUT2D eigenvalue weighted by Gasteiger charge is 2.07. The molecule has 0 fully saturated rings. The standard InChI is InChI=1S/C17H10ClN3O/c18-13-7-5-11(6-8-13)9-12(10-19)16-20-15-4-2-1-3-14(15)17(22)21-16/h1-9H,(H,20,21,22)/b12-9-. The van der Waals surface area contributed by atoms with Crippen molar-refractivity contribution in [1.29, 1.82) is 5.26 Å². The monoisotopic (exact) mass is 307 g/mol. The Balaban J connectivity index is 2.13. The maximum Gasteiger partial charge on any atom is 0.259 e. The minimum atomic E-state index is -0.266. The van der Waals surface area contributed by atoms with E-state index >= 15 is 0 Å². The highest BCUT2D eigenvalue weighted by molar-refractivity contribution is 6.30. The fourth-order valence-corrected chi connectivity index (χ4v) is 2.22. The lowest BCUT2D eigenvalue weighted by Crippen LogP contribution is -2.11. The van der Waals surface area contributed by atoms with Crippen molar-refractivity contribution in [3.05, 3.63) is 75.3 Å². The smallest absolute Gasteiger partial charge is 0.259 e. The van der Waals surface area contributed by atoms with Crippen LogP contribution in [0.5, 0.6) is 0 Å². The summed E-state index contributed by atoms with van der Waals surface area (Å²) in [5, 5.41) is 10.5. The normalized spacial score (nSPS) is 11.4. The van der Waals surface area contributed by atoms with Gasteiger partial charge in [-0.15, -0.1) is 0 Å². The van der Waals surface area contributed by atoms with Crippen molar-refractivity contribution in [2.45, 2.75) is 0 Å². The van der Waals surface area contributed by atoms with E-state index in [1.54, 1.807) is 54.6 Å². The van der Waals surface area contributed by atoms with Crippen LogP contribution >= 0.6 is 11.6 Å². The van der Waals surface area contributed by atoms with Gasteiger partial charge in [-0.25, -0.2) is 4.98 Å². The summed E-state index contributed by atoms with van der Waals surface area (Å²) in [7, 11) is 0. The van der Waals surface area contributed by atoms with E-state index < -0.39 is 0 Å². The second-order valence-corrected chi connectivity index (χ2v) is 5.09. The number of nitrogens with zero attached hydrogens (tertiary/aromatic N) is 2. The van der Waals surface area contributed by atoms with Crippen LogP contribution in [0.15, 0.2) is 53.3 Å². The highest BCUT2D eigenvalue weighted by Crippen LogP contribution is 2.17. The Hall–Kier alpha value is -2.90. The Morgan fingerprint density at radius 2 is 1.91 bits per heavy atom. The zero-order chi connectivity index (χ0) is 15.5. The number of halogens is 1. The molecule has 2 aromatic carbocycles. The lowest BCUT2D eigenvalue weighted by Gasteiger charge is -2.02. The van der Waals surface area contributed by atoms with Gasteiger partial charge in [-0.3, -0.25) is 4.79 Å². The zero-order valence-corrected chi connectivity index (χ0v) is 12.1. The Bertz CT molecular complexity index is 966. The van der Waals surface area contributed by atoms with Crippen LogP contribution in [0.2, 0.25) is 5.02 Å². The summed E-state index contributed by atoms with van der Waals surface area (Å²) in [5.74, 6) is 0.251. The van der Waals surface area contributed by atoms with Crippen LogP contribution in [-0.4, -0.2) is 9.97 Å². The third-order valence-corrected chi connectivity index (χ3v) is 3.42. The topological polar surface area (TPSA) is 69.5 Å². The molecule has 0 spiro atoms. The van der Waals surface area contributed by atoms with Crippen molar-refractivity contribution >= 4 is 34.2 Å². The number of rotatable bonds is 2. The van der Waals surface area contributed by atoms with Crippen LogP contribution in [-0.2, 0) is 0 Å². The number of hydrogen-bond donors (Lipinski definition) is 1. The van der Waals surface area contributed by atoms with Gasteiger partial charge in [-0.05, 0) is 35.9 Å². The van der Waals surface area contributed by atoms with Crippen LogP contribution in [0.3, 0.4) is 0 Å². The maximum absolute atomic E-state index is 12.1. The summed E-state index contributed by atoms with van der Waals surface area (Å²) in [4.78, 5) is 19.1. The molecule has 4 nitrogen and oxygen atoms in total. The largest absolute Gasteiger partial charge is 0.305 e. The SMILES string of the molecule is N#C/C(=C/c1ccc(Cl)cc1)c1nc2ccccc2c(=O)[nH]1. The molecule has 22 heavy (non-hydrogen) atoms. The number of aromatic amines is 1. The van der Waals surface area contributed by atoms with E-state index in [1.165, 1.54) is 0 Å². The van der Waals surface area contributed by atoms with Crippen molar-refractivity contribution < 1.29 is 0 Å². The van der Waals surface area contributed by atoms with E-state index in [0.29, 0.717) is 15.9 Å². The first kappa shape index (κ1) is 14.1. The van der Waals surface area contributed by atoms with Gasteiger partial charge in [-0.2, -0.15) is 5.26 Å². The summed E-state index contributed by atoms with van der Waals surface area (Å²) < 4.78 is 0. The first-order chi connectivity index (χ1) is 10.7. The molecule has 5 heteroatoms. The Morgan fingerprint density at radius 1 is 1.18 bits per heavy atom. The molecule has 0 unspecified atom stereocenters. The predicted octanol–water partition coefficient (Wildman–Crippen LogP) is 3.64. The fourth-order valence-electron chi connectivity index (χ4n) is 2.09. The van der Waals surface area contributed by atoms with Crippen molar-refractivity contribution in [2.24, 2.45) is 0 Å². The van der Waals surface area contributed by atoms with Gasteiger partial charge in [0, 0.05) is 5.02 Å². The number of hydrogen-bond acceptors (Lipinski definition) is 3. The second kappa shape index (κ2) is 5.84. The number of nitriles is 1. The summed E-state index contributed by atoms with van der Waals surface area (Å²) in [6.07, 6.45) is 1.66. The van der Waals surface area contributed by atoms with Crippen molar-refractivity contribution in [1.82, 2.24) is 9.97 Å². The summed E-state index contributed by atoms with van der Waals surface area (Å²) in [6.45, 7) is 0. The summed E-state index contributed by atoms with van der Waals surface area (Å²) in [5.41, 5.74) is 1.37. The minimum Gasteiger partial charge on any atom is -0.305 e. The molecule has 106 valence electrons. The molecule has 1 N–H and O–H groups in total. The molecule has 0 saturated carbocycles. The van der Waals surface area contributed by atoms with Crippen molar-refractivity contribution in [3.63, 3.8) is 0 Å². The molecular weight excluding hydrogens is 298 g/mol. The van der Waals surface area contributed by atoms with E-state index in [-0.39, 0.29) is 17.0 Å². The number of fused-ring (bicyclic) bond motifs is 1. The number of para-hydroxylation sites is 1. The van der Waals surface area contributed by atoms with E-state index in [9.17, 15) is 10.1 Å². The molecular formula is C17H10ClN3O. The summed E-state index contributed by atoms with van der Waals surface area (Å²) >= 11 is 5.84. The van der Waals surface area contributed by atoms with Crippen molar-refractivity contribution in [3.8, 4) is 6.07 Å². The number of benzene rings is 2. The molecule has 0 radical (unpaired) electrons. The van der Waals surface area contributed by atoms with Crippen LogP contribution in [0.4, 0.5) is 0 Å². The van der Waals surface area contributed by atoms with Crippen molar-refractivity contribution in [2.75, 3.05) is 0 Å². The summed E-state index contributed by atoms with van der Waals surface area (Å²) in [6, 6.07) is 16.1. The molecule has 3 rings (SSSR count). The Labute approximate surface area is 131 Å². The number of nitrogens with one attached hydrogen (secondary N) is 1. The van der Waals surface area contributed by atoms with Crippen LogP contribution in [0, 0.1) is 11.3 Å². The Kier molecular flexibility index (Phi) is 3.73. The van der Waals surface area contributed by atoms with Crippen LogP contribution < -0.4 is 5.56 Å². The molecule has 0 saturated heterocycles. The third kappa shape index (κ3) is 2.76. The molecule has 0 aliphatic carbocycles. The van der Waals surface area contributed by atoms with E-state index in [0.717, 1.165) is 5.56 Å². The van der Waals surface area contributed by atoms with E-state index in [4.69, 9.17) is 11.6 Å². The molecule has 1 heterocycles. The molecule has 1 aromatic heterocycles. The van der Waals surface area contributed by atoms with Gasteiger partial charge in [0.15, 0.2) is 5.82 Å². The van der Waals surface area contributed by atoms with Gasteiger partial charge in [-0.1, -0.05) is 35.9 Å². The molecule has 0 atom stereocenters. The average molecular weight is 308 g/mol. The zero-order valence-electron chi connectivity index (χ0n) is 11.4. The quantitative estimate of drug-likeness (QED) is 0.735. The van der Waals surface area contributed by atoms with Gasteiger partial charge in [0.05, 0.1) is 16.5 Å². The van der Waals surface area contributed by atoms with Gasteiger partial charge < -0.3 is 4.98 Å². The number of aromatic nitrogens is 2. The van der Waals surface area contributed by atoms with Gasteiger partial charge in [0.25, 0.3) is 5.56 Å². The lowest BCUT2D eigenvalue weighted by molar-refractivity contribution is 1.13. The van der Waals surface area contributed by atoms with Gasteiger partial charge in [0.2, 0.25) is 0 Å². The van der Waals surface area contributed by atoms with Crippen LogP contribution in [0.25, 0.3) is 22.6 Å². The van der Waals surface area contributed by atoms with Gasteiger partial charge in [0.1, 0.15) is 6.07 Å². The third-order valence-electron chi connectivity index (χ3n) is 3.17. The van der Waals surface area contributed by atoms with E-state index in [1.807, 2.05) is 0 Å². The molecule has 0 aliphatic heterocycles. The first-order valence-corrected chi connectivity index (χ1v) is 6.92. The number of H-pyrrole nitrogens is 1. The predicted molar refractivity (Wildman–Crippen MR) is 87.3 cm³/mol. The Morgan fingerprint density at radius 3 is 2.64 bits per heavy atom. The number of allylic oxidation sites excluding steroid dienone is 1. The molecule has 3 aromatic rings. The lowest BCUT2D eigenvalue weighted by atomic mass is 10.1. The van der Waals surface area contributed by atoms with Gasteiger partial charge >= 0.3 is 0 Å². The van der Waals surface area contributed by atoms with Crippen LogP contribution in [0.1, 0.15) is 11.4 Å². The first-order valence-electron chi connectivity index (χ1n) is 6.54. The molecule has 0 aliphatic rings. The second-order valence-electron chi connectivity index (χ2n) is 4.65. The maximum atomic E-state index is 12.1.